The number of aryl methyl sites for hydroxylation is 1. The van der Waals surface area contributed by atoms with Crippen LogP contribution in [0.4, 0.5) is 0 Å². The third-order valence-corrected chi connectivity index (χ3v) is 1.24. The molecule has 0 aromatic carbocycles. The van der Waals surface area contributed by atoms with Crippen molar-refractivity contribution in [3.05, 3.63) is 24.5 Å². The van der Waals surface area contributed by atoms with E-state index in [-0.39, 0.29) is 5.91 Å². The molecule has 0 aliphatic heterocycles. The van der Waals surface area contributed by atoms with Crippen LogP contribution in [0.2, 0.25) is 0 Å². The van der Waals surface area contributed by atoms with Crippen molar-refractivity contribution in [1.29, 1.82) is 0 Å². The second-order valence-corrected chi connectivity index (χ2v) is 2.22. The molecule has 0 unspecified atom stereocenters. The smallest absolute Gasteiger partial charge is 0.273 e. The Hall–Kier alpha value is -1.65. The highest BCUT2D eigenvalue weighted by Crippen LogP contribution is 1.88. The van der Waals surface area contributed by atoms with Gasteiger partial charge in [0.15, 0.2) is 5.69 Å². The fourth-order valence-corrected chi connectivity index (χ4v) is 0.705. The Morgan fingerprint density at radius 2 is 2.67 bits per heavy atom. The molecule has 0 atom stereocenters. The van der Waals surface area contributed by atoms with Gasteiger partial charge in [-0.1, -0.05) is 6.08 Å². The minimum atomic E-state index is -0.233. The standard InChI is InChI=1S/C7H10N4O/c1-3-4-8-7(12)6-5-9-11(2)10-6/h3,5H,1,4H2,2H3,(H,8,12). The summed E-state index contributed by atoms with van der Waals surface area (Å²) in [7, 11) is 1.66. The van der Waals surface area contributed by atoms with Crippen molar-refractivity contribution in [3.8, 4) is 0 Å². The molecule has 1 N–H and O–H groups in total. The van der Waals surface area contributed by atoms with Crippen LogP contribution in [0.15, 0.2) is 18.9 Å². The molecule has 5 heteroatoms. The first-order chi connectivity index (χ1) is 5.74. The summed E-state index contributed by atoms with van der Waals surface area (Å²) in [6.45, 7) is 3.92. The van der Waals surface area contributed by atoms with Gasteiger partial charge in [0.2, 0.25) is 0 Å². The second-order valence-electron chi connectivity index (χ2n) is 2.22. The zero-order chi connectivity index (χ0) is 8.97. The molecular formula is C7H10N4O. The van der Waals surface area contributed by atoms with Gasteiger partial charge in [0.05, 0.1) is 6.20 Å². The van der Waals surface area contributed by atoms with Gasteiger partial charge in [0.25, 0.3) is 5.91 Å². The molecule has 64 valence electrons. The van der Waals surface area contributed by atoms with Crippen LogP contribution in [0.3, 0.4) is 0 Å². The van der Waals surface area contributed by atoms with E-state index in [4.69, 9.17) is 0 Å². The minimum Gasteiger partial charge on any atom is -0.347 e. The molecule has 1 heterocycles. The fraction of sp³-hybridized carbons (Fsp3) is 0.286. The number of aromatic nitrogens is 3. The van der Waals surface area contributed by atoms with Crippen LogP contribution in [-0.2, 0) is 7.05 Å². The van der Waals surface area contributed by atoms with Gasteiger partial charge >= 0.3 is 0 Å². The van der Waals surface area contributed by atoms with E-state index in [1.807, 2.05) is 0 Å². The van der Waals surface area contributed by atoms with Crippen molar-refractivity contribution in [2.45, 2.75) is 0 Å². The van der Waals surface area contributed by atoms with Crippen molar-refractivity contribution < 1.29 is 4.79 Å². The Morgan fingerprint density at radius 1 is 1.92 bits per heavy atom. The number of amides is 1. The molecule has 5 nitrogen and oxygen atoms in total. The van der Waals surface area contributed by atoms with Crippen molar-refractivity contribution in [2.24, 2.45) is 7.05 Å². The number of hydrogen-bond acceptors (Lipinski definition) is 3. The fourth-order valence-electron chi connectivity index (χ4n) is 0.705. The second kappa shape index (κ2) is 3.66. The quantitative estimate of drug-likeness (QED) is 0.629. The Labute approximate surface area is 70.1 Å². The van der Waals surface area contributed by atoms with Crippen LogP contribution >= 0.6 is 0 Å². The molecule has 0 fully saturated rings. The monoisotopic (exact) mass is 166 g/mol. The van der Waals surface area contributed by atoms with Crippen LogP contribution < -0.4 is 5.32 Å². The first-order valence-corrected chi connectivity index (χ1v) is 3.49. The number of nitrogens with one attached hydrogen (secondary N) is 1. The van der Waals surface area contributed by atoms with Gasteiger partial charge < -0.3 is 5.32 Å². The van der Waals surface area contributed by atoms with Crippen LogP contribution in [0.1, 0.15) is 10.5 Å². The predicted octanol–water partition coefficient (Wildman–Crippen LogP) is -0.269. The van der Waals surface area contributed by atoms with E-state index in [9.17, 15) is 4.79 Å². The van der Waals surface area contributed by atoms with E-state index in [1.54, 1.807) is 13.1 Å². The van der Waals surface area contributed by atoms with E-state index < -0.39 is 0 Å². The van der Waals surface area contributed by atoms with Gasteiger partial charge in [-0.05, 0) is 0 Å². The molecule has 0 radical (unpaired) electrons. The maximum atomic E-state index is 11.1. The van der Waals surface area contributed by atoms with Crippen LogP contribution in [0.25, 0.3) is 0 Å². The highest BCUT2D eigenvalue weighted by molar-refractivity contribution is 5.91. The number of carbonyl (C=O) groups excluding carboxylic acids is 1. The molecule has 0 aliphatic rings. The number of carbonyl (C=O) groups is 1. The average molecular weight is 166 g/mol. The van der Waals surface area contributed by atoms with Gasteiger partial charge in [0, 0.05) is 13.6 Å². The van der Waals surface area contributed by atoms with Crippen molar-refractivity contribution in [1.82, 2.24) is 20.3 Å². The Morgan fingerprint density at radius 3 is 3.17 bits per heavy atom. The Bertz CT molecular complexity index is 291. The van der Waals surface area contributed by atoms with E-state index >= 15 is 0 Å². The van der Waals surface area contributed by atoms with Gasteiger partial charge in [0.1, 0.15) is 0 Å². The SMILES string of the molecule is C=CCNC(=O)c1cnn(C)n1. The summed E-state index contributed by atoms with van der Waals surface area (Å²) in [6, 6.07) is 0. The summed E-state index contributed by atoms with van der Waals surface area (Å²) in [4.78, 5) is 12.5. The van der Waals surface area contributed by atoms with Crippen molar-refractivity contribution >= 4 is 5.91 Å². The van der Waals surface area contributed by atoms with Gasteiger partial charge in [-0.15, -0.1) is 11.7 Å². The van der Waals surface area contributed by atoms with E-state index in [2.05, 4.69) is 22.1 Å². The first kappa shape index (κ1) is 8.45. The summed E-state index contributed by atoms with van der Waals surface area (Å²) in [6.07, 6.45) is 3.02. The number of nitrogens with zero attached hydrogens (tertiary/aromatic N) is 3. The lowest BCUT2D eigenvalue weighted by Crippen LogP contribution is -2.23. The molecular weight excluding hydrogens is 156 g/mol. The molecule has 1 aromatic rings. The molecule has 0 bridgehead atoms. The minimum absolute atomic E-state index is 0.233. The Kier molecular flexibility index (Phi) is 2.57. The first-order valence-electron chi connectivity index (χ1n) is 3.49. The summed E-state index contributed by atoms with van der Waals surface area (Å²) in [5.74, 6) is -0.233. The Balaban J connectivity index is 2.59. The lowest BCUT2D eigenvalue weighted by molar-refractivity contribution is 0.0952. The van der Waals surface area contributed by atoms with Crippen LogP contribution in [0, 0.1) is 0 Å². The van der Waals surface area contributed by atoms with Crippen molar-refractivity contribution in [3.63, 3.8) is 0 Å². The molecule has 0 saturated heterocycles. The zero-order valence-corrected chi connectivity index (χ0v) is 6.82. The maximum Gasteiger partial charge on any atom is 0.273 e. The highest BCUT2D eigenvalue weighted by atomic mass is 16.2. The molecule has 0 spiro atoms. The molecule has 12 heavy (non-hydrogen) atoms. The van der Waals surface area contributed by atoms with E-state index in [1.165, 1.54) is 11.0 Å². The normalized spacial score (nSPS) is 9.42. The lowest BCUT2D eigenvalue weighted by Gasteiger charge is -1.95. The van der Waals surface area contributed by atoms with Crippen molar-refractivity contribution in [2.75, 3.05) is 6.54 Å². The van der Waals surface area contributed by atoms with Gasteiger partial charge in [-0.25, -0.2) is 0 Å². The third-order valence-electron chi connectivity index (χ3n) is 1.24. The zero-order valence-electron chi connectivity index (χ0n) is 6.82. The number of hydrogen-bond donors (Lipinski definition) is 1. The largest absolute Gasteiger partial charge is 0.347 e. The molecule has 0 aliphatic carbocycles. The lowest BCUT2D eigenvalue weighted by atomic mass is 10.4. The molecule has 0 saturated carbocycles. The highest BCUT2D eigenvalue weighted by Gasteiger charge is 2.06. The predicted molar refractivity (Wildman–Crippen MR) is 43.5 cm³/mol. The third kappa shape index (κ3) is 1.91. The summed E-state index contributed by atoms with van der Waals surface area (Å²) >= 11 is 0. The molecule has 1 amide bonds. The average Bonchev–Trinajstić information content (AvgIpc) is 2.47. The van der Waals surface area contributed by atoms with Gasteiger partial charge in [-0.3, -0.25) is 4.79 Å². The summed E-state index contributed by atoms with van der Waals surface area (Å²) < 4.78 is 0. The van der Waals surface area contributed by atoms with Crippen LogP contribution in [-0.4, -0.2) is 27.4 Å². The molecule has 1 aromatic heterocycles. The van der Waals surface area contributed by atoms with E-state index in [0.717, 1.165) is 0 Å². The topological polar surface area (TPSA) is 59.8 Å². The maximum absolute atomic E-state index is 11.1. The van der Waals surface area contributed by atoms with Gasteiger partial charge in [-0.2, -0.15) is 9.90 Å². The summed E-state index contributed by atoms with van der Waals surface area (Å²) in [5.41, 5.74) is 0.319. The number of rotatable bonds is 3. The van der Waals surface area contributed by atoms with Crippen LogP contribution in [0.5, 0.6) is 0 Å². The van der Waals surface area contributed by atoms with E-state index in [0.29, 0.717) is 12.2 Å². The molecule has 1 rings (SSSR count). The summed E-state index contributed by atoms with van der Waals surface area (Å²) in [5, 5.41) is 10.2.